The van der Waals surface area contributed by atoms with Crippen LogP contribution in [0.4, 0.5) is 0 Å². The highest BCUT2D eigenvalue weighted by molar-refractivity contribution is 6.44. The summed E-state index contributed by atoms with van der Waals surface area (Å²) >= 11 is 11.1. The largest absolute Gasteiger partial charge is 0.493 e. The number of H-pyrrole nitrogens is 2. The van der Waals surface area contributed by atoms with E-state index in [1.807, 2.05) is 0 Å². The van der Waals surface area contributed by atoms with E-state index in [1.165, 1.54) is 0 Å². The summed E-state index contributed by atoms with van der Waals surface area (Å²) in [4.78, 5) is 14.6. The number of imidazole rings is 1. The van der Waals surface area contributed by atoms with Crippen LogP contribution < -0.4 is 5.69 Å². The molecule has 1 atom stereocenters. The molecule has 0 saturated heterocycles. The van der Waals surface area contributed by atoms with Crippen LogP contribution in [0.1, 0.15) is 18.5 Å². The zero-order valence-corrected chi connectivity index (χ0v) is 7.78. The maximum Gasteiger partial charge on any atom is 0.325 e. The molecule has 0 amide bonds. The van der Waals surface area contributed by atoms with Crippen LogP contribution >= 0.6 is 23.2 Å². The number of nitrogens with one attached hydrogen (secondary N) is 2. The Morgan fingerprint density at radius 3 is 2.33 bits per heavy atom. The smallest absolute Gasteiger partial charge is 0.325 e. The van der Waals surface area contributed by atoms with Crippen molar-refractivity contribution in [2.75, 3.05) is 0 Å². The van der Waals surface area contributed by atoms with Crippen LogP contribution in [-0.2, 0) is 0 Å². The normalized spacial score (nSPS) is 13.7. The van der Waals surface area contributed by atoms with Gasteiger partial charge in [0.05, 0.1) is 5.69 Å². The van der Waals surface area contributed by atoms with Gasteiger partial charge in [-0.3, -0.25) is 4.98 Å². The lowest BCUT2D eigenvalue weighted by Gasteiger charge is -2.09. The van der Waals surface area contributed by atoms with Gasteiger partial charge in [0.25, 0.3) is 0 Å². The second-order valence-corrected chi connectivity index (χ2v) is 3.63. The molecule has 1 aromatic heterocycles. The fraction of sp³-hybridized carbons (Fsp3) is 0.500. The van der Waals surface area contributed by atoms with Crippen molar-refractivity contribution in [2.45, 2.75) is 17.7 Å². The molecule has 0 radical (unpaired) electrons. The molecule has 0 aromatic carbocycles. The van der Waals surface area contributed by atoms with Gasteiger partial charge < -0.3 is 10.1 Å². The van der Waals surface area contributed by atoms with E-state index < -0.39 is 10.5 Å². The standard InChI is InChI=1S/C6H8Cl2N2O2/c1-2(4(7)8)3-5(11)10-6(12)9-3/h2,4,11H,1H3,(H2,9,10,12). The number of hydrogen-bond donors (Lipinski definition) is 3. The van der Waals surface area contributed by atoms with Gasteiger partial charge in [0.2, 0.25) is 5.88 Å². The van der Waals surface area contributed by atoms with Crippen molar-refractivity contribution < 1.29 is 5.11 Å². The van der Waals surface area contributed by atoms with Crippen molar-refractivity contribution in [1.29, 1.82) is 0 Å². The molecule has 0 fully saturated rings. The number of aromatic nitrogens is 2. The van der Waals surface area contributed by atoms with Crippen molar-refractivity contribution in [2.24, 2.45) is 0 Å². The summed E-state index contributed by atoms with van der Waals surface area (Å²) in [5.41, 5.74) is -0.140. The van der Waals surface area contributed by atoms with Gasteiger partial charge in [-0.25, -0.2) is 4.79 Å². The summed E-state index contributed by atoms with van der Waals surface area (Å²) in [5.74, 6) is -0.522. The Morgan fingerprint density at radius 2 is 2.00 bits per heavy atom. The lowest BCUT2D eigenvalue weighted by atomic mass is 10.1. The molecular formula is C6H8Cl2N2O2. The van der Waals surface area contributed by atoms with E-state index in [0.29, 0.717) is 5.69 Å². The Bertz CT molecular complexity index is 318. The summed E-state index contributed by atoms with van der Waals surface area (Å²) in [6.07, 6.45) is 0. The average Bonchev–Trinajstić information content (AvgIpc) is 2.28. The van der Waals surface area contributed by atoms with Crippen molar-refractivity contribution in [1.82, 2.24) is 9.97 Å². The maximum absolute atomic E-state index is 10.7. The van der Waals surface area contributed by atoms with Gasteiger partial charge in [-0.05, 0) is 0 Å². The fourth-order valence-electron chi connectivity index (χ4n) is 0.843. The number of alkyl halides is 2. The second kappa shape index (κ2) is 3.41. The molecule has 1 unspecified atom stereocenters. The van der Waals surface area contributed by atoms with E-state index in [2.05, 4.69) is 9.97 Å². The Labute approximate surface area is 78.5 Å². The summed E-state index contributed by atoms with van der Waals surface area (Å²) in [5, 5.41) is 9.15. The third-order valence-electron chi connectivity index (χ3n) is 1.57. The minimum atomic E-state index is -0.664. The molecule has 1 heterocycles. The Hall–Kier alpha value is -0.610. The Balaban J connectivity index is 3.02. The van der Waals surface area contributed by atoms with Gasteiger partial charge in [0.1, 0.15) is 4.84 Å². The molecule has 0 aliphatic carbocycles. The van der Waals surface area contributed by atoms with Crippen LogP contribution in [0.2, 0.25) is 0 Å². The molecule has 4 nitrogen and oxygen atoms in total. The number of rotatable bonds is 2. The molecule has 3 N–H and O–H groups in total. The van der Waals surface area contributed by atoms with Gasteiger partial charge in [-0.1, -0.05) is 6.92 Å². The van der Waals surface area contributed by atoms with Crippen molar-refractivity contribution in [3.63, 3.8) is 0 Å². The third-order valence-corrected chi connectivity index (χ3v) is 2.32. The Morgan fingerprint density at radius 1 is 1.42 bits per heavy atom. The fourth-order valence-corrected chi connectivity index (χ4v) is 1.10. The molecule has 0 aliphatic heterocycles. The predicted molar refractivity (Wildman–Crippen MR) is 47.0 cm³/mol. The van der Waals surface area contributed by atoms with Gasteiger partial charge in [-0.15, -0.1) is 23.2 Å². The molecule has 0 saturated carbocycles. The highest BCUT2D eigenvalue weighted by Gasteiger charge is 2.19. The van der Waals surface area contributed by atoms with Crippen LogP contribution in [0.25, 0.3) is 0 Å². The van der Waals surface area contributed by atoms with E-state index in [0.717, 1.165) is 0 Å². The number of halogens is 2. The zero-order valence-electron chi connectivity index (χ0n) is 6.27. The predicted octanol–water partition coefficient (Wildman–Crippen LogP) is 1.32. The minimum absolute atomic E-state index is 0.209. The van der Waals surface area contributed by atoms with Gasteiger partial charge >= 0.3 is 5.69 Å². The summed E-state index contributed by atoms with van der Waals surface area (Å²) < 4.78 is 0. The first kappa shape index (κ1) is 9.48. The van der Waals surface area contributed by atoms with E-state index in [4.69, 9.17) is 28.3 Å². The minimum Gasteiger partial charge on any atom is -0.493 e. The molecule has 12 heavy (non-hydrogen) atoms. The van der Waals surface area contributed by atoms with Crippen LogP contribution in [-0.4, -0.2) is 19.9 Å². The second-order valence-electron chi connectivity index (χ2n) is 2.46. The lowest BCUT2D eigenvalue weighted by molar-refractivity contribution is 0.445. The lowest BCUT2D eigenvalue weighted by Crippen LogP contribution is -2.06. The van der Waals surface area contributed by atoms with Crippen LogP contribution in [0.5, 0.6) is 5.88 Å². The number of aromatic amines is 2. The van der Waals surface area contributed by atoms with E-state index in [1.54, 1.807) is 6.92 Å². The Kier molecular flexibility index (Phi) is 2.69. The van der Waals surface area contributed by atoms with Gasteiger partial charge in [-0.2, -0.15) is 0 Å². The molecular weight excluding hydrogens is 203 g/mol. The highest BCUT2D eigenvalue weighted by atomic mass is 35.5. The first-order valence-corrected chi connectivity index (χ1v) is 4.19. The van der Waals surface area contributed by atoms with Crippen molar-refractivity contribution >= 4 is 23.2 Å². The van der Waals surface area contributed by atoms with Crippen molar-refractivity contribution in [3.8, 4) is 5.88 Å². The first-order valence-electron chi connectivity index (χ1n) is 3.31. The molecule has 0 bridgehead atoms. The van der Waals surface area contributed by atoms with Gasteiger partial charge in [0, 0.05) is 5.92 Å². The summed E-state index contributed by atoms with van der Waals surface area (Å²) in [6, 6.07) is 0. The van der Waals surface area contributed by atoms with E-state index in [9.17, 15) is 4.79 Å². The molecule has 0 spiro atoms. The van der Waals surface area contributed by atoms with Crippen molar-refractivity contribution in [3.05, 3.63) is 16.2 Å². The monoisotopic (exact) mass is 210 g/mol. The molecule has 68 valence electrons. The van der Waals surface area contributed by atoms with E-state index >= 15 is 0 Å². The molecule has 1 rings (SSSR count). The maximum atomic E-state index is 10.7. The topological polar surface area (TPSA) is 68.9 Å². The SMILES string of the molecule is CC(c1[nH]c(=O)[nH]c1O)C(Cl)Cl. The van der Waals surface area contributed by atoms with E-state index in [-0.39, 0.29) is 11.8 Å². The summed E-state index contributed by atoms with van der Waals surface area (Å²) in [7, 11) is 0. The number of aromatic hydroxyl groups is 1. The highest BCUT2D eigenvalue weighted by Crippen LogP contribution is 2.28. The number of hydrogen-bond acceptors (Lipinski definition) is 2. The quantitative estimate of drug-likeness (QED) is 0.645. The first-order chi connectivity index (χ1) is 5.52. The van der Waals surface area contributed by atoms with Crippen LogP contribution in [0.15, 0.2) is 4.79 Å². The van der Waals surface area contributed by atoms with Crippen LogP contribution in [0, 0.1) is 0 Å². The van der Waals surface area contributed by atoms with Crippen LogP contribution in [0.3, 0.4) is 0 Å². The molecule has 6 heteroatoms. The van der Waals surface area contributed by atoms with Gasteiger partial charge in [0.15, 0.2) is 0 Å². The summed E-state index contributed by atoms with van der Waals surface area (Å²) in [6.45, 7) is 1.70. The molecule has 1 aromatic rings. The average molecular weight is 211 g/mol. The third kappa shape index (κ3) is 1.76. The zero-order chi connectivity index (χ0) is 9.30. The molecule has 0 aliphatic rings.